The van der Waals surface area contributed by atoms with Crippen LogP contribution in [0.15, 0.2) is 24.3 Å². The van der Waals surface area contributed by atoms with E-state index in [4.69, 9.17) is 4.74 Å². The molecule has 2 unspecified atom stereocenters. The summed E-state index contributed by atoms with van der Waals surface area (Å²) in [6.07, 6.45) is -0.175. The highest BCUT2D eigenvalue weighted by Gasteiger charge is 2.36. The van der Waals surface area contributed by atoms with Crippen LogP contribution in [0.4, 0.5) is 4.39 Å². The van der Waals surface area contributed by atoms with Crippen LogP contribution in [0, 0.1) is 5.82 Å². The Hall–Kier alpha value is -1.27. The van der Waals surface area contributed by atoms with Crippen molar-refractivity contribution in [1.82, 2.24) is 0 Å². The van der Waals surface area contributed by atoms with E-state index >= 15 is 0 Å². The molecule has 0 aliphatic carbocycles. The van der Waals surface area contributed by atoms with Crippen LogP contribution in [-0.4, -0.2) is 37.9 Å². The summed E-state index contributed by atoms with van der Waals surface area (Å²) in [6.45, 7) is 2.09. The van der Waals surface area contributed by atoms with Gasteiger partial charge in [0.05, 0.1) is 11.4 Å². The molecule has 0 N–H and O–H groups in total. The van der Waals surface area contributed by atoms with E-state index in [9.17, 15) is 17.6 Å². The second kappa shape index (κ2) is 6.01. The molecule has 0 amide bonds. The maximum atomic E-state index is 13.4. The SMILES string of the molecule is CC1OCCC1S(=O)(=O)CC(=O)Cc1ccccc1F. The van der Waals surface area contributed by atoms with Gasteiger partial charge in [-0.25, -0.2) is 12.8 Å². The highest BCUT2D eigenvalue weighted by Crippen LogP contribution is 2.22. The minimum Gasteiger partial charge on any atom is -0.377 e. The summed E-state index contributed by atoms with van der Waals surface area (Å²) in [4.78, 5) is 11.9. The van der Waals surface area contributed by atoms with Crippen molar-refractivity contribution in [2.45, 2.75) is 31.1 Å². The number of carbonyl (C=O) groups excluding carboxylic acids is 1. The molecule has 110 valence electrons. The zero-order valence-electron chi connectivity index (χ0n) is 11.2. The number of benzene rings is 1. The lowest BCUT2D eigenvalue weighted by atomic mass is 10.1. The number of sulfone groups is 1. The Morgan fingerprint density at radius 2 is 2.10 bits per heavy atom. The fourth-order valence-electron chi connectivity index (χ4n) is 2.42. The molecule has 6 heteroatoms. The van der Waals surface area contributed by atoms with E-state index in [0.29, 0.717) is 13.0 Å². The van der Waals surface area contributed by atoms with Crippen LogP contribution in [0.3, 0.4) is 0 Å². The number of ether oxygens (including phenoxy) is 1. The Morgan fingerprint density at radius 1 is 1.40 bits per heavy atom. The van der Waals surface area contributed by atoms with E-state index in [0.717, 1.165) is 0 Å². The molecular formula is C14H17FO4S. The average Bonchev–Trinajstić information content (AvgIpc) is 2.78. The lowest BCUT2D eigenvalue weighted by Crippen LogP contribution is -2.33. The first-order valence-electron chi connectivity index (χ1n) is 6.48. The van der Waals surface area contributed by atoms with Crippen LogP contribution in [0.5, 0.6) is 0 Å². The van der Waals surface area contributed by atoms with Crippen molar-refractivity contribution in [3.05, 3.63) is 35.6 Å². The molecule has 1 aliphatic heterocycles. The fourth-order valence-corrected chi connectivity index (χ4v) is 4.30. The van der Waals surface area contributed by atoms with Crippen molar-refractivity contribution in [2.75, 3.05) is 12.4 Å². The molecule has 20 heavy (non-hydrogen) atoms. The smallest absolute Gasteiger partial charge is 0.162 e. The predicted molar refractivity (Wildman–Crippen MR) is 72.7 cm³/mol. The highest BCUT2D eigenvalue weighted by molar-refractivity contribution is 7.92. The van der Waals surface area contributed by atoms with Crippen LogP contribution < -0.4 is 0 Å². The van der Waals surface area contributed by atoms with Gasteiger partial charge in [0.15, 0.2) is 15.6 Å². The number of carbonyl (C=O) groups is 1. The Morgan fingerprint density at radius 3 is 2.70 bits per heavy atom. The molecule has 0 bridgehead atoms. The van der Waals surface area contributed by atoms with Crippen molar-refractivity contribution in [3.63, 3.8) is 0 Å². The lowest BCUT2D eigenvalue weighted by molar-refractivity contribution is -0.116. The number of Topliss-reactive ketones (excluding diaryl/α,β-unsaturated/α-hetero) is 1. The molecule has 0 radical (unpaired) electrons. The summed E-state index contributed by atoms with van der Waals surface area (Å²) in [5, 5.41) is -0.632. The van der Waals surface area contributed by atoms with Crippen LogP contribution in [0.2, 0.25) is 0 Å². The van der Waals surface area contributed by atoms with E-state index < -0.39 is 32.4 Å². The monoisotopic (exact) mass is 300 g/mol. The first kappa shape index (κ1) is 15.1. The van der Waals surface area contributed by atoms with Gasteiger partial charge < -0.3 is 4.74 Å². The summed E-state index contributed by atoms with van der Waals surface area (Å²) in [5.41, 5.74) is 0.225. The van der Waals surface area contributed by atoms with Gasteiger partial charge in [0.1, 0.15) is 11.6 Å². The van der Waals surface area contributed by atoms with E-state index in [1.54, 1.807) is 13.0 Å². The summed E-state index contributed by atoms with van der Waals surface area (Å²) in [7, 11) is -3.54. The van der Waals surface area contributed by atoms with Gasteiger partial charge in [0.25, 0.3) is 0 Å². The first-order valence-corrected chi connectivity index (χ1v) is 8.20. The number of hydrogen-bond donors (Lipinski definition) is 0. The molecule has 2 atom stereocenters. The number of halogens is 1. The van der Waals surface area contributed by atoms with E-state index in [-0.39, 0.29) is 18.1 Å². The minimum absolute atomic E-state index is 0.201. The predicted octanol–water partition coefficient (Wildman–Crippen LogP) is 1.53. The van der Waals surface area contributed by atoms with Gasteiger partial charge in [0, 0.05) is 13.0 Å². The largest absolute Gasteiger partial charge is 0.377 e. The van der Waals surface area contributed by atoms with Gasteiger partial charge >= 0.3 is 0 Å². The summed E-state index contributed by atoms with van der Waals surface area (Å²) in [5.74, 6) is -1.54. The maximum Gasteiger partial charge on any atom is 0.162 e. The Bertz CT molecular complexity index is 597. The zero-order chi connectivity index (χ0) is 14.8. The van der Waals surface area contributed by atoms with E-state index in [2.05, 4.69) is 0 Å². The quantitative estimate of drug-likeness (QED) is 0.827. The van der Waals surface area contributed by atoms with Crippen molar-refractivity contribution in [3.8, 4) is 0 Å². The van der Waals surface area contributed by atoms with Gasteiger partial charge in [-0.15, -0.1) is 0 Å². The Labute approximate surface area is 117 Å². The van der Waals surface area contributed by atoms with Crippen molar-refractivity contribution in [1.29, 1.82) is 0 Å². The standard InChI is InChI=1S/C14H17FO4S/c1-10-14(6-7-19-10)20(17,18)9-12(16)8-11-4-2-3-5-13(11)15/h2-5,10,14H,6-9H2,1H3. The maximum absolute atomic E-state index is 13.4. The molecule has 0 saturated carbocycles. The number of hydrogen-bond acceptors (Lipinski definition) is 4. The molecule has 1 aromatic rings. The van der Waals surface area contributed by atoms with E-state index in [1.165, 1.54) is 18.2 Å². The molecule has 0 spiro atoms. The van der Waals surface area contributed by atoms with Gasteiger partial charge in [-0.05, 0) is 25.0 Å². The van der Waals surface area contributed by atoms with Crippen LogP contribution >= 0.6 is 0 Å². The van der Waals surface area contributed by atoms with Crippen molar-refractivity contribution in [2.24, 2.45) is 0 Å². The molecule has 1 heterocycles. The third-order valence-corrected chi connectivity index (χ3v) is 5.74. The molecule has 4 nitrogen and oxygen atoms in total. The third-order valence-electron chi connectivity index (χ3n) is 3.48. The van der Waals surface area contributed by atoms with Gasteiger partial charge in [-0.1, -0.05) is 18.2 Å². The third kappa shape index (κ3) is 3.43. The summed E-state index contributed by atoms with van der Waals surface area (Å²) < 4.78 is 42.9. The van der Waals surface area contributed by atoms with E-state index in [1.807, 2.05) is 0 Å². The zero-order valence-corrected chi connectivity index (χ0v) is 12.0. The average molecular weight is 300 g/mol. The summed E-state index contributed by atoms with van der Waals surface area (Å²) >= 11 is 0. The van der Waals surface area contributed by atoms with Crippen molar-refractivity contribution < 1.29 is 22.3 Å². The summed E-state index contributed by atoms with van der Waals surface area (Å²) in [6, 6.07) is 5.88. The van der Waals surface area contributed by atoms with Gasteiger partial charge in [-0.3, -0.25) is 4.79 Å². The molecule has 1 fully saturated rings. The minimum atomic E-state index is -3.54. The second-order valence-corrected chi connectivity index (χ2v) is 7.24. The van der Waals surface area contributed by atoms with Crippen molar-refractivity contribution >= 4 is 15.6 Å². The normalized spacial score (nSPS) is 22.9. The Kier molecular flexibility index (Phi) is 4.55. The Balaban J connectivity index is 2.03. The highest BCUT2D eigenvalue weighted by atomic mass is 32.2. The molecule has 1 aromatic carbocycles. The van der Waals surface area contributed by atoms with Crippen LogP contribution in [-0.2, 0) is 25.8 Å². The second-order valence-electron chi connectivity index (χ2n) is 5.02. The fraction of sp³-hybridized carbons (Fsp3) is 0.500. The van der Waals surface area contributed by atoms with Crippen LogP contribution in [0.1, 0.15) is 18.9 Å². The lowest BCUT2D eigenvalue weighted by Gasteiger charge is -2.14. The molecule has 2 rings (SSSR count). The molecule has 0 aromatic heterocycles. The number of ketones is 1. The molecule has 1 aliphatic rings. The van der Waals surface area contributed by atoms with Crippen LogP contribution in [0.25, 0.3) is 0 Å². The van der Waals surface area contributed by atoms with Gasteiger partial charge in [-0.2, -0.15) is 0 Å². The first-order chi connectivity index (χ1) is 9.40. The number of rotatable bonds is 5. The topological polar surface area (TPSA) is 60.4 Å². The molecule has 1 saturated heterocycles. The molecular weight excluding hydrogens is 283 g/mol. The van der Waals surface area contributed by atoms with Gasteiger partial charge in [0.2, 0.25) is 0 Å².